The molecule has 0 fully saturated rings. The molecule has 3 rings (SSSR count). The number of hydrogen-bond acceptors (Lipinski definition) is 3. The van der Waals surface area contributed by atoms with Crippen molar-refractivity contribution in [2.75, 3.05) is 11.6 Å². The minimum atomic E-state index is -0.276. The first-order chi connectivity index (χ1) is 13.0. The molecular weight excluding hydrogens is 446 g/mol. The molecule has 0 radical (unpaired) electrons. The summed E-state index contributed by atoms with van der Waals surface area (Å²) >= 11 is 11.1. The van der Waals surface area contributed by atoms with Gasteiger partial charge in [-0.3, -0.25) is 9.59 Å². The summed E-state index contributed by atoms with van der Waals surface area (Å²) in [5, 5.41) is 3.21. The summed E-state index contributed by atoms with van der Waals surface area (Å²) in [6, 6.07) is 19.3. The molecule has 3 aromatic carbocycles. The minimum absolute atomic E-state index is 0.255. The van der Waals surface area contributed by atoms with E-state index in [0.717, 1.165) is 9.37 Å². The van der Waals surface area contributed by atoms with E-state index in [-0.39, 0.29) is 11.7 Å². The molecule has 136 valence electrons. The number of carbonyl (C=O) groups excluding carboxylic acids is 2. The molecule has 3 aromatic rings. The highest BCUT2D eigenvalue weighted by Gasteiger charge is 2.18. The highest BCUT2D eigenvalue weighted by Crippen LogP contribution is 2.27. The molecule has 1 N–H and O–H groups in total. The number of anilines is 1. The first-order valence-electron chi connectivity index (χ1n) is 8.04. The third-order valence-corrected chi connectivity index (χ3v) is 5.47. The van der Waals surface area contributed by atoms with Crippen LogP contribution in [0.3, 0.4) is 0 Å². The predicted molar refractivity (Wildman–Crippen MR) is 115 cm³/mol. The zero-order valence-corrected chi connectivity index (χ0v) is 17.5. The Morgan fingerprint density at radius 1 is 0.963 bits per heavy atom. The van der Waals surface area contributed by atoms with Crippen molar-refractivity contribution in [1.82, 2.24) is 0 Å². The van der Waals surface area contributed by atoms with Crippen molar-refractivity contribution in [3.8, 4) is 0 Å². The number of ketones is 1. The first kappa shape index (κ1) is 19.7. The van der Waals surface area contributed by atoms with Crippen LogP contribution in [0.5, 0.6) is 0 Å². The summed E-state index contributed by atoms with van der Waals surface area (Å²) in [6.45, 7) is 0. The molecule has 0 bridgehead atoms. The fourth-order valence-electron chi connectivity index (χ4n) is 2.56. The Morgan fingerprint density at radius 3 is 2.48 bits per heavy atom. The van der Waals surface area contributed by atoms with E-state index in [0.29, 0.717) is 27.4 Å². The molecule has 0 spiro atoms. The van der Waals surface area contributed by atoms with Gasteiger partial charge in [-0.05, 0) is 54.8 Å². The van der Waals surface area contributed by atoms with E-state index in [2.05, 4.69) is 21.2 Å². The van der Waals surface area contributed by atoms with Crippen LogP contribution in [0.15, 0.2) is 76.1 Å². The number of rotatable bonds is 5. The Hall–Kier alpha value is -2.08. The molecule has 0 unspecified atom stereocenters. The van der Waals surface area contributed by atoms with Gasteiger partial charge in [0.25, 0.3) is 5.91 Å². The molecule has 0 aliphatic carbocycles. The highest BCUT2D eigenvalue weighted by molar-refractivity contribution is 9.10. The van der Waals surface area contributed by atoms with Gasteiger partial charge in [-0.15, -0.1) is 11.8 Å². The number of thioether (sulfide) groups is 1. The Labute approximate surface area is 175 Å². The number of nitrogens with one attached hydrogen (secondary N) is 1. The molecule has 0 heterocycles. The summed E-state index contributed by atoms with van der Waals surface area (Å²) in [5.74, 6) is -0.531. The van der Waals surface area contributed by atoms with Gasteiger partial charge >= 0.3 is 0 Å². The second-order valence-corrected chi connectivity index (χ2v) is 7.89. The molecule has 0 saturated heterocycles. The van der Waals surface area contributed by atoms with Crippen LogP contribution in [0.25, 0.3) is 0 Å². The van der Waals surface area contributed by atoms with Gasteiger partial charge in [0.1, 0.15) is 0 Å². The van der Waals surface area contributed by atoms with Crippen LogP contribution in [0.2, 0.25) is 5.02 Å². The summed E-state index contributed by atoms with van der Waals surface area (Å²) < 4.78 is 0.736. The fraction of sp³-hybridized carbons (Fsp3) is 0.0476. The van der Waals surface area contributed by atoms with E-state index in [1.807, 2.05) is 24.5 Å². The first-order valence-corrected chi connectivity index (χ1v) is 10.4. The molecule has 0 aliphatic heterocycles. The van der Waals surface area contributed by atoms with Crippen LogP contribution < -0.4 is 5.32 Å². The largest absolute Gasteiger partial charge is 0.321 e. The quantitative estimate of drug-likeness (QED) is 0.358. The van der Waals surface area contributed by atoms with Crippen molar-refractivity contribution in [1.29, 1.82) is 0 Å². The summed E-state index contributed by atoms with van der Waals surface area (Å²) in [6.07, 6.45) is 1.95. The molecular formula is C21H15BrClNO2S. The third kappa shape index (κ3) is 4.61. The van der Waals surface area contributed by atoms with Crippen LogP contribution in [0.1, 0.15) is 26.3 Å². The molecule has 0 saturated carbocycles. The molecule has 27 heavy (non-hydrogen) atoms. The highest BCUT2D eigenvalue weighted by atomic mass is 79.9. The lowest BCUT2D eigenvalue weighted by atomic mass is 10.0. The second-order valence-electron chi connectivity index (χ2n) is 5.68. The van der Waals surface area contributed by atoms with Crippen molar-refractivity contribution < 1.29 is 9.59 Å². The molecule has 0 atom stereocenters. The zero-order chi connectivity index (χ0) is 19.4. The molecule has 0 aromatic heterocycles. The van der Waals surface area contributed by atoms with Gasteiger partial charge < -0.3 is 5.32 Å². The Kier molecular flexibility index (Phi) is 6.37. The molecule has 6 heteroatoms. The van der Waals surface area contributed by atoms with Gasteiger partial charge in [0.15, 0.2) is 5.78 Å². The maximum absolute atomic E-state index is 13.0. The van der Waals surface area contributed by atoms with Crippen LogP contribution in [-0.4, -0.2) is 17.9 Å². The van der Waals surface area contributed by atoms with Crippen molar-refractivity contribution >= 4 is 56.7 Å². The van der Waals surface area contributed by atoms with Gasteiger partial charge in [0.2, 0.25) is 0 Å². The maximum Gasteiger partial charge on any atom is 0.255 e. The Morgan fingerprint density at radius 2 is 1.74 bits per heavy atom. The van der Waals surface area contributed by atoms with Gasteiger partial charge in [0.05, 0.1) is 10.7 Å². The van der Waals surface area contributed by atoms with Crippen LogP contribution in [-0.2, 0) is 0 Å². The van der Waals surface area contributed by atoms with E-state index in [4.69, 9.17) is 11.6 Å². The lowest BCUT2D eigenvalue weighted by Crippen LogP contribution is -2.15. The number of amides is 1. The van der Waals surface area contributed by atoms with Crippen LogP contribution in [0, 0.1) is 0 Å². The minimum Gasteiger partial charge on any atom is -0.321 e. The predicted octanol–water partition coefficient (Wildman–Crippen LogP) is 6.31. The van der Waals surface area contributed by atoms with Gasteiger partial charge in [-0.2, -0.15) is 0 Å². The van der Waals surface area contributed by atoms with E-state index in [1.54, 1.807) is 60.3 Å². The third-order valence-electron chi connectivity index (χ3n) is 3.92. The summed E-state index contributed by atoms with van der Waals surface area (Å²) in [4.78, 5) is 26.7. The normalized spacial score (nSPS) is 10.5. The lowest BCUT2D eigenvalue weighted by molar-refractivity contribution is 0.102. The maximum atomic E-state index is 13.0. The average molecular weight is 461 g/mol. The van der Waals surface area contributed by atoms with E-state index >= 15 is 0 Å². The molecule has 1 amide bonds. The van der Waals surface area contributed by atoms with Crippen molar-refractivity contribution in [2.24, 2.45) is 0 Å². The SMILES string of the molecule is CSc1cccc(C(=O)Nc2ccc(Br)cc2C(=O)c2ccccc2Cl)c1. The standard InChI is InChI=1S/C21H15BrClNO2S/c1-27-15-6-4-5-13(11-15)21(26)24-19-10-9-14(22)12-17(19)20(25)16-7-2-3-8-18(16)23/h2-12H,1H3,(H,24,26). The summed E-state index contributed by atoms with van der Waals surface area (Å²) in [5.41, 5.74) is 1.72. The monoisotopic (exact) mass is 459 g/mol. The fourth-order valence-corrected chi connectivity index (χ4v) is 3.60. The number of halogens is 2. The van der Waals surface area contributed by atoms with Crippen LogP contribution in [0.4, 0.5) is 5.69 Å². The second kappa shape index (κ2) is 8.74. The van der Waals surface area contributed by atoms with Gasteiger partial charge in [0, 0.05) is 26.1 Å². The average Bonchev–Trinajstić information content (AvgIpc) is 2.69. The Balaban J connectivity index is 1.96. The number of carbonyl (C=O) groups is 2. The molecule has 0 aliphatic rings. The van der Waals surface area contributed by atoms with Gasteiger partial charge in [-0.1, -0.05) is 45.7 Å². The van der Waals surface area contributed by atoms with E-state index in [9.17, 15) is 9.59 Å². The lowest BCUT2D eigenvalue weighted by Gasteiger charge is -2.12. The smallest absolute Gasteiger partial charge is 0.255 e. The summed E-state index contributed by atoms with van der Waals surface area (Å²) in [7, 11) is 0. The number of hydrogen-bond donors (Lipinski definition) is 1. The number of benzene rings is 3. The van der Waals surface area contributed by atoms with Crippen molar-refractivity contribution in [3.63, 3.8) is 0 Å². The Bertz CT molecular complexity index is 1020. The zero-order valence-electron chi connectivity index (χ0n) is 14.3. The topological polar surface area (TPSA) is 46.2 Å². The van der Waals surface area contributed by atoms with Gasteiger partial charge in [-0.25, -0.2) is 0 Å². The van der Waals surface area contributed by atoms with Crippen molar-refractivity contribution in [3.05, 3.63) is 92.9 Å². The molecule has 3 nitrogen and oxygen atoms in total. The van der Waals surface area contributed by atoms with Crippen molar-refractivity contribution in [2.45, 2.75) is 4.90 Å². The van der Waals surface area contributed by atoms with E-state index in [1.165, 1.54) is 0 Å². The van der Waals surface area contributed by atoms with Crippen LogP contribution >= 0.6 is 39.3 Å². The van der Waals surface area contributed by atoms with E-state index < -0.39 is 0 Å².